The Morgan fingerprint density at radius 1 is 1.03 bits per heavy atom. The minimum absolute atomic E-state index is 0.0327. The van der Waals surface area contributed by atoms with Gasteiger partial charge < -0.3 is 34.8 Å². The number of carboxylic acids is 1. The quantitative estimate of drug-likeness (QED) is 0.132. The number of ketones is 2. The van der Waals surface area contributed by atoms with Gasteiger partial charge in [-0.15, -0.1) is 0 Å². The number of hydrogen-bond acceptors (Lipinski definition) is 10. The number of para-hydroxylation sites is 1. The average molecular weight is 804 g/mol. The second kappa shape index (κ2) is 17.4. The van der Waals surface area contributed by atoms with Crippen LogP contribution >= 0.6 is 0 Å². The molecule has 3 saturated carbocycles. The maximum absolute atomic E-state index is 17.3. The number of aliphatic hydroxyl groups excluding tert-OH is 2. The van der Waals surface area contributed by atoms with E-state index in [9.17, 15) is 34.2 Å². The summed E-state index contributed by atoms with van der Waals surface area (Å²) in [5.41, 5.74) is -4.09. The molecule has 3 fully saturated rings. The van der Waals surface area contributed by atoms with E-state index in [0.717, 1.165) is 12.0 Å². The summed E-state index contributed by atoms with van der Waals surface area (Å²) in [7, 11) is 3.07. The normalized spacial score (nSPS) is 30.8. The molecule has 4 aliphatic carbocycles. The predicted octanol–water partition coefficient (Wildman–Crippen LogP) is 6.69. The molecule has 0 radical (unpaired) electrons. The molecular weight excluding hydrogens is 749 g/mol. The van der Waals surface area contributed by atoms with Gasteiger partial charge in [0.25, 0.3) is 0 Å². The summed E-state index contributed by atoms with van der Waals surface area (Å²) in [6.07, 6.45) is 8.84. The van der Waals surface area contributed by atoms with E-state index in [0.29, 0.717) is 42.8 Å². The van der Waals surface area contributed by atoms with E-state index < -0.39 is 70.3 Å². The van der Waals surface area contributed by atoms with Crippen molar-refractivity contribution in [2.45, 2.75) is 90.0 Å². The van der Waals surface area contributed by atoms with Crippen molar-refractivity contribution in [3.05, 3.63) is 83.5 Å². The van der Waals surface area contributed by atoms with E-state index in [1.165, 1.54) is 37.5 Å². The summed E-state index contributed by atoms with van der Waals surface area (Å²) in [6.45, 7) is 6.55. The van der Waals surface area contributed by atoms with Crippen molar-refractivity contribution in [3.8, 4) is 11.5 Å². The Morgan fingerprint density at radius 2 is 1.74 bits per heavy atom. The van der Waals surface area contributed by atoms with Crippen LogP contribution in [-0.2, 0) is 23.9 Å². The average Bonchev–Trinajstić information content (AvgIpc) is 3.42. The lowest BCUT2D eigenvalue weighted by molar-refractivity contribution is -0.228. The number of allylic oxidation sites excluding steroid dienone is 4. The zero-order valence-corrected chi connectivity index (χ0v) is 33.9. The van der Waals surface area contributed by atoms with Gasteiger partial charge >= 0.3 is 11.9 Å². The second-order valence-electron chi connectivity index (χ2n) is 16.1. The van der Waals surface area contributed by atoms with Gasteiger partial charge in [0.05, 0.1) is 31.6 Å². The number of carboxylic acid groups (broad SMARTS) is 1. The fraction of sp³-hybridized carbons (Fsp3) is 0.489. The smallest absolute Gasteiger partial charge is 0.337 e. The van der Waals surface area contributed by atoms with Crippen molar-refractivity contribution in [1.29, 1.82) is 0 Å². The standard InChI is InChI=1S/C27H37FO6.C18H17NO5/c1-5-6-7-23(33)34-27(22(32)15-29)16(2)12-20-19-9-8-17-13-18(30)10-11-24(17,3)26(19,28)21(31)14-25(20,27)4;1-23-15-9-7-12(11-16(15)24-2)8-10-17(20)19-14-6-4-3-5-13(14)18(21)22/h10-11,13,16,19-21,29,31H,5-9,12,14-15H2,1-4H3;3-11H,1-2H3,(H,19,20)(H,21,22)/b;10-8+/t16-,19-,20-,21-,24-,25-,26-,27-;/m0./s1. The fourth-order valence-electron chi connectivity index (χ4n) is 10.1. The van der Waals surface area contributed by atoms with Crippen LogP contribution in [0.5, 0.6) is 11.5 Å². The third-order valence-corrected chi connectivity index (χ3v) is 13.0. The SMILES string of the molecule is CCCCC(=O)O[C@]1(C(=O)CO)[C@@H](C)C[C@H]2[C@@H]3CCC4=CC(=O)C=C[C@]4(C)[C@@]3(F)[C@@H](O)C[C@@]21C.COc1ccc(/C=C/C(=O)Nc2ccccc2C(=O)O)cc1OC. The number of aromatic carboxylic acids is 1. The monoisotopic (exact) mass is 803 g/mol. The number of benzene rings is 2. The Labute approximate surface area is 338 Å². The first-order valence-electron chi connectivity index (χ1n) is 19.7. The lowest BCUT2D eigenvalue weighted by Gasteiger charge is -2.62. The number of carbonyl (C=O) groups is 5. The van der Waals surface area contributed by atoms with Gasteiger partial charge in [-0.2, -0.15) is 0 Å². The van der Waals surface area contributed by atoms with Crippen molar-refractivity contribution in [1.82, 2.24) is 0 Å². The maximum atomic E-state index is 17.3. The first-order valence-corrected chi connectivity index (χ1v) is 19.7. The topological polar surface area (TPSA) is 186 Å². The van der Waals surface area contributed by atoms with Gasteiger partial charge in [-0.05, 0) is 93.0 Å². The number of carbonyl (C=O) groups excluding carboxylic acids is 4. The van der Waals surface area contributed by atoms with Crippen LogP contribution in [0.3, 0.4) is 0 Å². The minimum atomic E-state index is -2.03. The molecule has 0 aromatic heterocycles. The van der Waals surface area contributed by atoms with E-state index in [1.54, 1.807) is 56.5 Å². The number of amides is 1. The Morgan fingerprint density at radius 3 is 2.40 bits per heavy atom. The first-order chi connectivity index (χ1) is 27.5. The number of nitrogens with one attached hydrogen (secondary N) is 1. The molecule has 0 unspecified atom stereocenters. The summed E-state index contributed by atoms with van der Waals surface area (Å²) in [4.78, 5) is 61.2. The number of esters is 1. The van der Waals surface area contributed by atoms with Crippen LogP contribution in [0.25, 0.3) is 6.08 Å². The number of unbranched alkanes of at least 4 members (excludes halogenated alkanes) is 1. The Balaban J connectivity index is 0.000000235. The summed E-state index contributed by atoms with van der Waals surface area (Å²) >= 11 is 0. The lowest BCUT2D eigenvalue weighted by Crippen LogP contribution is -2.70. The van der Waals surface area contributed by atoms with Gasteiger partial charge in [0.15, 0.2) is 28.6 Å². The molecule has 4 aliphatic rings. The molecule has 4 N–H and O–H groups in total. The highest BCUT2D eigenvalue weighted by Gasteiger charge is 2.77. The number of anilines is 1. The summed E-state index contributed by atoms with van der Waals surface area (Å²) < 4.78 is 33.6. The van der Waals surface area contributed by atoms with Gasteiger partial charge in [-0.3, -0.25) is 19.2 Å². The minimum Gasteiger partial charge on any atom is -0.493 e. The Kier molecular flexibility index (Phi) is 13.2. The van der Waals surface area contributed by atoms with E-state index in [4.69, 9.17) is 19.3 Å². The molecule has 6 rings (SSSR count). The largest absolute Gasteiger partial charge is 0.493 e. The Bertz CT molecular complexity index is 2030. The molecule has 1 amide bonds. The molecule has 2 aromatic carbocycles. The molecule has 12 nitrogen and oxygen atoms in total. The first kappa shape index (κ1) is 44.0. The van der Waals surface area contributed by atoms with Crippen LogP contribution in [-0.4, -0.2) is 82.9 Å². The number of ether oxygens (including phenoxy) is 3. The summed E-state index contributed by atoms with van der Waals surface area (Å²) in [5, 5.41) is 33.0. The number of Topliss-reactive ketones (excluding diaryl/α,β-unsaturated/α-hetero) is 1. The van der Waals surface area contributed by atoms with Crippen molar-refractivity contribution in [2.24, 2.45) is 28.6 Å². The molecule has 0 saturated heterocycles. The van der Waals surface area contributed by atoms with Gasteiger partial charge in [0.2, 0.25) is 11.7 Å². The van der Waals surface area contributed by atoms with Crippen molar-refractivity contribution in [3.63, 3.8) is 0 Å². The molecule has 58 heavy (non-hydrogen) atoms. The molecule has 0 spiro atoms. The molecular formula is C45H54FNO11. The molecule has 0 heterocycles. The highest BCUT2D eigenvalue weighted by atomic mass is 19.1. The number of methoxy groups -OCH3 is 2. The number of alkyl halides is 1. The molecule has 0 bridgehead atoms. The number of halogens is 1. The van der Waals surface area contributed by atoms with E-state index >= 15 is 4.39 Å². The number of fused-ring (bicyclic) bond motifs is 5. The molecule has 13 heteroatoms. The Hall–Kier alpha value is -5.14. The van der Waals surface area contributed by atoms with Crippen LogP contribution in [0.4, 0.5) is 10.1 Å². The maximum Gasteiger partial charge on any atom is 0.337 e. The van der Waals surface area contributed by atoms with E-state index in [2.05, 4.69) is 5.32 Å². The van der Waals surface area contributed by atoms with Crippen LogP contribution < -0.4 is 14.8 Å². The van der Waals surface area contributed by atoms with Crippen LogP contribution in [0.2, 0.25) is 0 Å². The van der Waals surface area contributed by atoms with Gasteiger partial charge in [0.1, 0.15) is 6.61 Å². The van der Waals surface area contributed by atoms with E-state index in [-0.39, 0.29) is 35.8 Å². The lowest BCUT2D eigenvalue weighted by atomic mass is 9.44. The molecule has 312 valence electrons. The highest BCUT2D eigenvalue weighted by molar-refractivity contribution is 6.06. The summed E-state index contributed by atoms with van der Waals surface area (Å²) in [6, 6.07) is 11.4. The third kappa shape index (κ3) is 7.61. The van der Waals surface area contributed by atoms with Crippen molar-refractivity contribution in [2.75, 3.05) is 26.1 Å². The van der Waals surface area contributed by atoms with Crippen molar-refractivity contribution < 1.29 is 57.9 Å². The number of rotatable bonds is 12. The molecule has 8 atom stereocenters. The van der Waals surface area contributed by atoms with Gasteiger partial charge in [-0.1, -0.05) is 57.0 Å². The zero-order valence-electron chi connectivity index (χ0n) is 33.9. The van der Waals surface area contributed by atoms with Crippen LogP contribution in [0, 0.1) is 28.6 Å². The molecule has 2 aromatic rings. The van der Waals surface area contributed by atoms with Crippen molar-refractivity contribution >= 4 is 41.2 Å². The zero-order chi connectivity index (χ0) is 42.6. The van der Waals surface area contributed by atoms with Gasteiger partial charge in [-0.25, -0.2) is 9.18 Å². The molecule has 0 aliphatic heterocycles. The fourth-order valence-corrected chi connectivity index (χ4v) is 10.1. The summed E-state index contributed by atoms with van der Waals surface area (Å²) in [5.74, 6) is -3.01. The van der Waals surface area contributed by atoms with Crippen LogP contribution in [0.1, 0.15) is 88.6 Å². The van der Waals surface area contributed by atoms with Gasteiger partial charge in [0, 0.05) is 35.2 Å². The highest BCUT2D eigenvalue weighted by Crippen LogP contribution is 2.71. The second-order valence-corrected chi connectivity index (χ2v) is 16.1. The third-order valence-electron chi connectivity index (χ3n) is 13.0. The number of aliphatic hydroxyl groups is 2. The van der Waals surface area contributed by atoms with E-state index in [1.807, 2.05) is 20.8 Å². The predicted molar refractivity (Wildman–Crippen MR) is 214 cm³/mol. The van der Waals surface area contributed by atoms with Crippen LogP contribution in [0.15, 0.2) is 72.3 Å². The number of hydrogen-bond donors (Lipinski definition) is 4.